The van der Waals surface area contributed by atoms with E-state index in [4.69, 9.17) is 5.11 Å². The lowest BCUT2D eigenvalue weighted by Gasteiger charge is -2.21. The van der Waals surface area contributed by atoms with Crippen molar-refractivity contribution in [1.29, 1.82) is 0 Å². The fraction of sp³-hybridized carbons (Fsp3) is 0.909. The third-order valence-electron chi connectivity index (χ3n) is 1.76. The molecule has 0 aliphatic heterocycles. The van der Waals surface area contributed by atoms with Crippen molar-refractivity contribution in [3.8, 4) is 0 Å². The SMILES string of the molecule is CCCCCC(=O)[O-].C[N+](C)(C)CCO.I. The first-order valence-electron chi connectivity index (χ1n) is 5.44. The minimum atomic E-state index is -0.932. The van der Waals surface area contributed by atoms with Crippen molar-refractivity contribution in [2.24, 2.45) is 0 Å². The van der Waals surface area contributed by atoms with Crippen molar-refractivity contribution in [3.63, 3.8) is 0 Å². The smallest absolute Gasteiger partial charge is 0.101 e. The molecular weight excluding hydrogens is 321 g/mol. The van der Waals surface area contributed by atoms with E-state index in [1.807, 2.05) is 6.92 Å². The summed E-state index contributed by atoms with van der Waals surface area (Å²) in [5.74, 6) is -0.932. The summed E-state index contributed by atoms with van der Waals surface area (Å²) in [6, 6.07) is 0. The van der Waals surface area contributed by atoms with E-state index in [0.717, 1.165) is 30.3 Å². The maximum Gasteiger partial charge on any atom is 0.101 e. The van der Waals surface area contributed by atoms with Crippen LogP contribution in [0.2, 0.25) is 0 Å². The Balaban J connectivity index is -0.000000200. The van der Waals surface area contributed by atoms with E-state index in [2.05, 4.69) is 21.1 Å². The van der Waals surface area contributed by atoms with Crippen molar-refractivity contribution < 1.29 is 19.5 Å². The van der Waals surface area contributed by atoms with Crippen molar-refractivity contribution in [2.75, 3.05) is 34.3 Å². The number of quaternary nitrogens is 1. The summed E-state index contributed by atoms with van der Waals surface area (Å²) in [5.41, 5.74) is 0. The lowest BCUT2D eigenvalue weighted by Crippen LogP contribution is -2.36. The van der Waals surface area contributed by atoms with Gasteiger partial charge in [0.1, 0.15) is 6.54 Å². The number of aliphatic hydroxyl groups excluding tert-OH is 1. The summed E-state index contributed by atoms with van der Waals surface area (Å²) >= 11 is 0. The Bertz CT molecular complexity index is 158. The van der Waals surface area contributed by atoms with Crippen LogP contribution in [-0.4, -0.2) is 49.9 Å². The fourth-order valence-corrected chi connectivity index (χ4v) is 0.819. The lowest BCUT2D eigenvalue weighted by atomic mass is 10.2. The molecule has 0 atom stereocenters. The van der Waals surface area contributed by atoms with Crippen LogP contribution in [0, 0.1) is 0 Å². The highest BCUT2D eigenvalue weighted by molar-refractivity contribution is 14.0. The van der Waals surface area contributed by atoms with E-state index in [0.29, 0.717) is 0 Å². The Labute approximate surface area is 116 Å². The number of carbonyl (C=O) groups is 1. The monoisotopic (exact) mass is 347 g/mol. The van der Waals surface area contributed by atoms with Gasteiger partial charge in [-0.05, 0) is 12.8 Å². The molecule has 0 saturated heterocycles. The Hall–Kier alpha value is 0.120. The molecule has 0 aliphatic rings. The van der Waals surface area contributed by atoms with Gasteiger partial charge in [-0.25, -0.2) is 0 Å². The number of likely N-dealkylation sites (N-methyl/N-ethyl adjacent to an activating group) is 1. The van der Waals surface area contributed by atoms with E-state index in [9.17, 15) is 9.90 Å². The van der Waals surface area contributed by atoms with Gasteiger partial charge < -0.3 is 19.5 Å². The van der Waals surface area contributed by atoms with Gasteiger partial charge in [0.15, 0.2) is 0 Å². The second-order valence-corrected chi connectivity index (χ2v) is 4.57. The number of aliphatic hydroxyl groups is 1. The molecule has 0 rings (SSSR count). The molecule has 16 heavy (non-hydrogen) atoms. The number of unbranched alkanes of at least 4 members (excludes halogenated alkanes) is 2. The normalized spacial score (nSPS) is 9.81. The van der Waals surface area contributed by atoms with Gasteiger partial charge in [0.25, 0.3) is 0 Å². The third-order valence-corrected chi connectivity index (χ3v) is 1.76. The van der Waals surface area contributed by atoms with Crippen LogP contribution in [-0.2, 0) is 4.79 Å². The molecule has 0 unspecified atom stereocenters. The van der Waals surface area contributed by atoms with Gasteiger partial charge in [-0.2, -0.15) is 0 Å². The predicted molar refractivity (Wildman–Crippen MR) is 74.5 cm³/mol. The zero-order valence-corrected chi connectivity index (χ0v) is 13.2. The molecule has 0 radical (unpaired) electrons. The molecule has 0 saturated carbocycles. The number of hydrogen-bond acceptors (Lipinski definition) is 3. The van der Waals surface area contributed by atoms with Gasteiger partial charge in [-0.1, -0.05) is 19.8 Å². The molecule has 0 spiro atoms. The number of hydrogen-bond donors (Lipinski definition) is 1. The number of aliphatic carboxylic acids is 1. The van der Waals surface area contributed by atoms with Crippen molar-refractivity contribution in [1.82, 2.24) is 0 Å². The van der Waals surface area contributed by atoms with Crippen LogP contribution in [0.15, 0.2) is 0 Å². The van der Waals surface area contributed by atoms with Crippen LogP contribution in [0.4, 0.5) is 0 Å². The first-order valence-corrected chi connectivity index (χ1v) is 5.44. The Morgan fingerprint density at radius 2 is 1.75 bits per heavy atom. The van der Waals surface area contributed by atoms with Gasteiger partial charge in [0, 0.05) is 5.97 Å². The number of rotatable bonds is 6. The summed E-state index contributed by atoms with van der Waals surface area (Å²) in [6.45, 7) is 3.15. The fourth-order valence-electron chi connectivity index (χ4n) is 0.819. The molecule has 0 aromatic rings. The molecule has 0 amide bonds. The van der Waals surface area contributed by atoms with Gasteiger partial charge in [-0.3, -0.25) is 0 Å². The molecule has 0 fully saturated rings. The topological polar surface area (TPSA) is 60.4 Å². The second-order valence-electron chi connectivity index (χ2n) is 4.57. The standard InChI is InChI=1S/C6H12O2.C5H14NO.HI/c1-2-3-4-5-6(7)8;1-6(2,3)4-5-7;/h2-5H2,1H3,(H,7,8);7H,4-5H2,1-3H3;1H/q;+1;/p-1. The van der Waals surface area contributed by atoms with Gasteiger partial charge in [0.05, 0.1) is 27.7 Å². The molecule has 0 aliphatic carbocycles. The summed E-state index contributed by atoms with van der Waals surface area (Å²) in [5, 5.41) is 18.1. The Morgan fingerprint density at radius 1 is 1.25 bits per heavy atom. The zero-order valence-electron chi connectivity index (χ0n) is 10.9. The number of carboxylic acid groups (broad SMARTS) is 1. The largest absolute Gasteiger partial charge is 0.550 e. The van der Waals surface area contributed by atoms with E-state index in [1.165, 1.54) is 0 Å². The molecule has 0 aromatic carbocycles. The molecule has 1 N–H and O–H groups in total. The molecule has 0 aromatic heterocycles. The highest BCUT2D eigenvalue weighted by atomic mass is 127. The molecule has 4 nitrogen and oxygen atoms in total. The lowest BCUT2D eigenvalue weighted by molar-refractivity contribution is -0.870. The van der Waals surface area contributed by atoms with E-state index < -0.39 is 5.97 Å². The maximum atomic E-state index is 9.76. The highest BCUT2D eigenvalue weighted by Gasteiger charge is 2.02. The Kier molecular flexibility index (Phi) is 17.6. The summed E-state index contributed by atoms with van der Waals surface area (Å²) in [6.07, 6.45) is 3.04. The van der Waals surface area contributed by atoms with Crippen molar-refractivity contribution >= 4 is 29.9 Å². The van der Waals surface area contributed by atoms with Crippen LogP contribution in [0.1, 0.15) is 32.6 Å². The average molecular weight is 347 g/mol. The van der Waals surface area contributed by atoms with Crippen LogP contribution >= 0.6 is 24.0 Å². The molecule has 0 bridgehead atoms. The quantitative estimate of drug-likeness (QED) is 0.435. The third kappa shape index (κ3) is 29.2. The van der Waals surface area contributed by atoms with E-state index in [-0.39, 0.29) is 37.0 Å². The minimum Gasteiger partial charge on any atom is -0.550 e. The number of carboxylic acids is 1. The molecule has 0 heterocycles. The zero-order chi connectivity index (χ0) is 12.3. The van der Waals surface area contributed by atoms with Crippen molar-refractivity contribution in [3.05, 3.63) is 0 Å². The number of nitrogens with zero attached hydrogens (tertiary/aromatic N) is 1. The average Bonchev–Trinajstić information content (AvgIpc) is 2.02. The van der Waals surface area contributed by atoms with E-state index in [1.54, 1.807) is 0 Å². The minimum absolute atomic E-state index is 0. The summed E-state index contributed by atoms with van der Waals surface area (Å²) < 4.78 is 0.844. The maximum absolute atomic E-state index is 9.76. The van der Waals surface area contributed by atoms with Crippen LogP contribution in [0.25, 0.3) is 0 Å². The Morgan fingerprint density at radius 3 is 1.94 bits per heavy atom. The molecular formula is C11H26INO3. The molecule has 100 valence electrons. The van der Waals surface area contributed by atoms with Gasteiger partial charge >= 0.3 is 0 Å². The highest BCUT2D eigenvalue weighted by Crippen LogP contribution is 1.96. The first kappa shape index (κ1) is 21.4. The summed E-state index contributed by atoms with van der Waals surface area (Å²) in [7, 11) is 6.16. The van der Waals surface area contributed by atoms with Gasteiger partial charge in [-0.15, -0.1) is 24.0 Å². The van der Waals surface area contributed by atoms with Crippen LogP contribution < -0.4 is 5.11 Å². The second kappa shape index (κ2) is 13.2. The van der Waals surface area contributed by atoms with E-state index >= 15 is 0 Å². The van der Waals surface area contributed by atoms with Crippen molar-refractivity contribution in [2.45, 2.75) is 32.6 Å². The van der Waals surface area contributed by atoms with Crippen LogP contribution in [0.5, 0.6) is 0 Å². The number of carbonyl (C=O) groups excluding carboxylic acids is 1. The first-order chi connectivity index (χ1) is 6.83. The molecule has 5 heteroatoms. The van der Waals surface area contributed by atoms with Gasteiger partial charge in [0.2, 0.25) is 0 Å². The predicted octanol–water partition coefficient (Wildman–Crippen LogP) is 0.619. The number of halogens is 1. The summed E-state index contributed by atoms with van der Waals surface area (Å²) in [4.78, 5) is 9.76. The van der Waals surface area contributed by atoms with Crippen LogP contribution in [0.3, 0.4) is 0 Å².